The van der Waals surface area contributed by atoms with Gasteiger partial charge in [-0.25, -0.2) is 0 Å². The highest BCUT2D eigenvalue weighted by Gasteiger charge is 2.61. The number of rotatable bonds is 11. The van der Waals surface area contributed by atoms with E-state index in [1.54, 1.807) is 0 Å². The summed E-state index contributed by atoms with van der Waals surface area (Å²) in [6.45, 7) is 34.2. The van der Waals surface area contributed by atoms with Gasteiger partial charge in [-0.1, -0.05) is 95.2 Å². The van der Waals surface area contributed by atoms with Crippen LogP contribution in [-0.4, -0.2) is 61.9 Å². The molecule has 0 radical (unpaired) electrons. The van der Waals surface area contributed by atoms with E-state index in [0.717, 1.165) is 0 Å². The van der Waals surface area contributed by atoms with Crippen molar-refractivity contribution in [2.75, 3.05) is 6.54 Å². The number of amides is 1. The molecule has 0 saturated carbocycles. The number of benzene rings is 1. The van der Waals surface area contributed by atoms with Gasteiger partial charge in [0, 0.05) is 0 Å². The van der Waals surface area contributed by atoms with Crippen molar-refractivity contribution in [2.24, 2.45) is 0 Å². The van der Waals surface area contributed by atoms with E-state index in [1.165, 1.54) is 22.3 Å². The van der Waals surface area contributed by atoms with E-state index in [1.807, 2.05) is 18.7 Å². The number of nitrogens with zero attached hydrogens (tertiary/aromatic N) is 1. The van der Waals surface area contributed by atoms with Crippen LogP contribution in [0.25, 0.3) is 0 Å². The summed E-state index contributed by atoms with van der Waals surface area (Å²) in [5.41, 5.74) is 6.58. The zero-order valence-electron chi connectivity index (χ0n) is 30.5. The van der Waals surface area contributed by atoms with Crippen LogP contribution in [0.3, 0.4) is 0 Å². The highest BCUT2D eigenvalue weighted by Crippen LogP contribution is 2.49. The smallest absolute Gasteiger partial charge is 0.225 e. The van der Waals surface area contributed by atoms with Crippen LogP contribution in [0, 0.1) is 0 Å². The zero-order chi connectivity index (χ0) is 33.0. The van der Waals surface area contributed by atoms with Crippen molar-refractivity contribution < 1.29 is 23.4 Å². The number of carbonyl (C=O) groups excluding carboxylic acids is 1. The topological polar surface area (TPSA) is 57.2 Å². The second-order valence-electron chi connectivity index (χ2n) is 16.2. The highest BCUT2D eigenvalue weighted by molar-refractivity contribution is 6.77. The standard InChI is InChI=1S/C37H63NO5Si/c1-20(2)27-16-28(21(3)4)33(29(17-27)22(5)6)26(13)40-30-18-32(39)38-19-31-35(42-37(14,15)41-31)36(34(30)38)43-44(23(7)8,24(9)10)25(11)12/h16-17,20-26,30-31,34-36H,18-19H2,1-15H3/t26-,30+,31-,34-,35-,36-/m1/s1. The molecule has 3 aliphatic rings. The largest absolute Gasteiger partial charge is 0.408 e. The number of ether oxygens (including phenoxy) is 3. The molecule has 0 spiro atoms. The molecule has 0 aromatic heterocycles. The lowest BCUT2D eigenvalue weighted by atomic mass is 9.82. The molecular weight excluding hydrogens is 566 g/mol. The van der Waals surface area contributed by atoms with Crippen molar-refractivity contribution in [2.45, 2.75) is 187 Å². The van der Waals surface area contributed by atoms with Crippen LogP contribution in [0.15, 0.2) is 12.1 Å². The molecular formula is C37H63NO5Si. The molecule has 3 saturated heterocycles. The van der Waals surface area contributed by atoms with E-state index in [4.69, 9.17) is 18.6 Å². The van der Waals surface area contributed by atoms with Crippen LogP contribution in [-0.2, 0) is 23.4 Å². The van der Waals surface area contributed by atoms with E-state index >= 15 is 0 Å². The van der Waals surface area contributed by atoms with Gasteiger partial charge in [0.25, 0.3) is 0 Å². The van der Waals surface area contributed by atoms with Gasteiger partial charge in [-0.05, 0) is 77.4 Å². The Labute approximate surface area is 270 Å². The molecule has 6 atom stereocenters. The molecule has 0 bridgehead atoms. The first-order valence-corrected chi connectivity index (χ1v) is 19.6. The quantitative estimate of drug-likeness (QED) is 0.229. The molecule has 1 aromatic carbocycles. The fourth-order valence-corrected chi connectivity index (χ4v) is 14.3. The number of hydrogen-bond acceptors (Lipinski definition) is 5. The van der Waals surface area contributed by atoms with Gasteiger partial charge >= 0.3 is 0 Å². The van der Waals surface area contributed by atoms with E-state index < -0.39 is 14.1 Å². The van der Waals surface area contributed by atoms with Crippen molar-refractivity contribution >= 4 is 14.2 Å². The summed E-state index contributed by atoms with van der Waals surface area (Å²) in [4.78, 5) is 15.8. The Balaban J connectivity index is 1.78. The van der Waals surface area contributed by atoms with Gasteiger partial charge in [0.05, 0.1) is 37.3 Å². The number of piperidine rings is 1. The van der Waals surface area contributed by atoms with Crippen molar-refractivity contribution in [3.05, 3.63) is 34.4 Å². The Morgan fingerprint density at radius 2 is 1.34 bits per heavy atom. The maximum absolute atomic E-state index is 13.8. The third-order valence-electron chi connectivity index (χ3n) is 10.7. The van der Waals surface area contributed by atoms with Gasteiger partial charge in [0.1, 0.15) is 12.2 Å². The average molecular weight is 630 g/mol. The minimum Gasteiger partial charge on any atom is -0.408 e. The molecule has 1 aromatic rings. The molecule has 3 heterocycles. The monoisotopic (exact) mass is 629 g/mol. The van der Waals surface area contributed by atoms with Crippen molar-refractivity contribution in [1.82, 2.24) is 4.90 Å². The van der Waals surface area contributed by atoms with Crippen LogP contribution in [0.4, 0.5) is 0 Å². The molecule has 6 nitrogen and oxygen atoms in total. The number of fused-ring (bicyclic) bond motifs is 2. The van der Waals surface area contributed by atoms with Crippen molar-refractivity contribution in [3.63, 3.8) is 0 Å². The molecule has 3 fully saturated rings. The first-order valence-electron chi connectivity index (χ1n) is 17.5. The molecule has 4 rings (SSSR count). The molecule has 3 aliphatic heterocycles. The summed E-state index contributed by atoms with van der Waals surface area (Å²) < 4.78 is 27.8. The zero-order valence-corrected chi connectivity index (χ0v) is 31.5. The number of hydrogen-bond donors (Lipinski definition) is 0. The van der Waals surface area contributed by atoms with Gasteiger partial charge in [0.15, 0.2) is 5.79 Å². The van der Waals surface area contributed by atoms with Gasteiger partial charge in [-0.3, -0.25) is 4.79 Å². The first kappa shape index (κ1) is 35.6. The summed E-state index contributed by atoms with van der Waals surface area (Å²) in [7, 11) is -2.33. The van der Waals surface area contributed by atoms with E-state index in [0.29, 0.717) is 47.3 Å². The van der Waals surface area contributed by atoms with Crippen LogP contribution >= 0.6 is 0 Å². The molecule has 0 aliphatic carbocycles. The van der Waals surface area contributed by atoms with Crippen LogP contribution in [0.5, 0.6) is 0 Å². The molecule has 7 heteroatoms. The lowest BCUT2D eigenvalue weighted by Gasteiger charge is -2.51. The fraction of sp³-hybridized carbons (Fsp3) is 0.811. The third-order valence-corrected chi connectivity index (χ3v) is 16.8. The summed E-state index contributed by atoms with van der Waals surface area (Å²) in [6.07, 6.45) is -0.872. The van der Waals surface area contributed by atoms with Crippen LogP contribution in [0.2, 0.25) is 16.6 Å². The van der Waals surface area contributed by atoms with E-state index in [9.17, 15) is 4.79 Å². The van der Waals surface area contributed by atoms with Crippen molar-refractivity contribution in [1.29, 1.82) is 0 Å². The minimum atomic E-state index is -2.33. The lowest BCUT2D eigenvalue weighted by Crippen LogP contribution is -2.66. The normalized spacial score (nSPS) is 27.9. The van der Waals surface area contributed by atoms with E-state index in [-0.39, 0.29) is 42.5 Å². The van der Waals surface area contributed by atoms with Crippen molar-refractivity contribution in [3.8, 4) is 0 Å². The predicted octanol–water partition coefficient (Wildman–Crippen LogP) is 9.20. The minimum absolute atomic E-state index is 0.127. The molecule has 0 unspecified atom stereocenters. The predicted molar refractivity (Wildman–Crippen MR) is 182 cm³/mol. The SMILES string of the molecule is CC(C)c1cc(C(C)C)c([C@@H](C)O[C@H]2CC(=O)N3C[C@H]4OC(C)(C)O[C@H]4[C@H](O[Si](C(C)C)(C(C)C)C(C)C)[C@@H]23)c(C(C)C)c1. The second-order valence-corrected chi connectivity index (χ2v) is 21.6. The molecule has 0 N–H and O–H groups in total. The summed E-state index contributed by atoms with van der Waals surface area (Å²) in [5, 5.41) is 0. The first-order chi connectivity index (χ1) is 20.3. The molecule has 44 heavy (non-hydrogen) atoms. The van der Waals surface area contributed by atoms with Crippen LogP contribution in [0.1, 0.15) is 156 Å². The number of carbonyl (C=O) groups is 1. The average Bonchev–Trinajstić information content (AvgIpc) is 3.38. The molecule has 1 amide bonds. The highest BCUT2D eigenvalue weighted by atomic mass is 28.4. The summed E-state index contributed by atoms with van der Waals surface area (Å²) >= 11 is 0. The Morgan fingerprint density at radius 1 is 0.818 bits per heavy atom. The second kappa shape index (κ2) is 13.1. The van der Waals surface area contributed by atoms with Gasteiger partial charge < -0.3 is 23.5 Å². The maximum Gasteiger partial charge on any atom is 0.225 e. The summed E-state index contributed by atoms with van der Waals surface area (Å²) in [5.74, 6) is 0.580. The third kappa shape index (κ3) is 6.47. The fourth-order valence-electron chi connectivity index (χ4n) is 8.78. The Morgan fingerprint density at radius 3 is 1.80 bits per heavy atom. The maximum atomic E-state index is 13.8. The lowest BCUT2D eigenvalue weighted by molar-refractivity contribution is -0.157. The van der Waals surface area contributed by atoms with Gasteiger partial charge in [-0.2, -0.15) is 0 Å². The molecule has 250 valence electrons. The Kier molecular flexibility index (Phi) is 10.6. The Hall–Kier alpha value is -1.25. The van der Waals surface area contributed by atoms with E-state index in [2.05, 4.69) is 102 Å². The van der Waals surface area contributed by atoms with Crippen LogP contribution < -0.4 is 0 Å². The Bertz CT molecular complexity index is 1120. The van der Waals surface area contributed by atoms with Gasteiger partial charge in [-0.15, -0.1) is 0 Å². The summed E-state index contributed by atoms with van der Waals surface area (Å²) in [6, 6.07) is 4.56. The van der Waals surface area contributed by atoms with Gasteiger partial charge in [0.2, 0.25) is 14.2 Å².